The normalized spacial score (nSPS) is 12.8. The zero-order valence-electron chi connectivity index (χ0n) is 7.86. The average Bonchev–Trinajstić information content (AvgIpc) is 2.10. The van der Waals surface area contributed by atoms with Gasteiger partial charge in [-0.1, -0.05) is 0 Å². The molecule has 0 heterocycles. The van der Waals surface area contributed by atoms with Crippen LogP contribution < -0.4 is 5.73 Å². The summed E-state index contributed by atoms with van der Waals surface area (Å²) in [7, 11) is 1.60. The van der Waals surface area contributed by atoms with Gasteiger partial charge in [-0.3, -0.25) is 4.79 Å². The van der Waals surface area contributed by atoms with Crippen molar-refractivity contribution in [1.82, 2.24) is 0 Å². The summed E-state index contributed by atoms with van der Waals surface area (Å²) in [4.78, 5) is 10.3. The highest BCUT2D eigenvalue weighted by Crippen LogP contribution is 1.95. The van der Waals surface area contributed by atoms with Crippen LogP contribution in [0.25, 0.3) is 0 Å². The van der Waals surface area contributed by atoms with Crippen molar-refractivity contribution in [2.75, 3.05) is 26.9 Å². The summed E-state index contributed by atoms with van der Waals surface area (Å²) in [5.41, 5.74) is 5.28. The Balaban J connectivity index is 3.11. The lowest BCUT2D eigenvalue weighted by molar-refractivity contribution is -0.138. The standard InChI is InChI=1S/C8H17NO4/c1-12-5-6-13-4-2-3-7(9)8(10)11/h7H,2-6,9H2,1H3,(H,10,11)/t7-/m0/s1. The monoisotopic (exact) mass is 191 g/mol. The molecule has 0 aromatic rings. The Morgan fingerprint density at radius 1 is 1.46 bits per heavy atom. The van der Waals surface area contributed by atoms with Crippen molar-refractivity contribution in [3.05, 3.63) is 0 Å². The third kappa shape index (κ3) is 7.70. The van der Waals surface area contributed by atoms with Crippen LogP contribution in [0.2, 0.25) is 0 Å². The molecule has 5 heteroatoms. The number of carboxylic acid groups (broad SMARTS) is 1. The molecule has 0 unspecified atom stereocenters. The molecule has 3 N–H and O–H groups in total. The fourth-order valence-electron chi connectivity index (χ4n) is 0.773. The highest BCUT2D eigenvalue weighted by molar-refractivity contribution is 5.72. The molecule has 1 atom stereocenters. The summed E-state index contributed by atoms with van der Waals surface area (Å²) in [6.07, 6.45) is 1.11. The van der Waals surface area contributed by atoms with Crippen molar-refractivity contribution < 1.29 is 19.4 Å². The van der Waals surface area contributed by atoms with Crippen molar-refractivity contribution in [3.8, 4) is 0 Å². The molecule has 0 fully saturated rings. The van der Waals surface area contributed by atoms with Crippen LogP contribution >= 0.6 is 0 Å². The highest BCUT2D eigenvalue weighted by Gasteiger charge is 2.09. The molecule has 13 heavy (non-hydrogen) atoms. The number of hydrogen-bond acceptors (Lipinski definition) is 4. The molecule has 0 aromatic heterocycles. The molecule has 0 rings (SSSR count). The van der Waals surface area contributed by atoms with Gasteiger partial charge in [0.15, 0.2) is 0 Å². The Hall–Kier alpha value is -0.650. The second-order valence-corrected chi connectivity index (χ2v) is 2.69. The van der Waals surface area contributed by atoms with Crippen molar-refractivity contribution in [2.45, 2.75) is 18.9 Å². The number of carboxylic acids is 1. The highest BCUT2D eigenvalue weighted by atomic mass is 16.5. The average molecular weight is 191 g/mol. The van der Waals surface area contributed by atoms with Crippen molar-refractivity contribution in [3.63, 3.8) is 0 Å². The zero-order chi connectivity index (χ0) is 10.1. The number of methoxy groups -OCH3 is 1. The van der Waals surface area contributed by atoms with Crippen molar-refractivity contribution in [1.29, 1.82) is 0 Å². The molecule has 5 nitrogen and oxygen atoms in total. The van der Waals surface area contributed by atoms with Gasteiger partial charge >= 0.3 is 5.97 Å². The van der Waals surface area contributed by atoms with E-state index in [0.29, 0.717) is 32.7 Å². The molecule has 0 radical (unpaired) electrons. The quantitative estimate of drug-likeness (QED) is 0.521. The molecule has 78 valence electrons. The van der Waals surface area contributed by atoms with Crippen LogP contribution in [0.3, 0.4) is 0 Å². The van der Waals surface area contributed by atoms with Crippen molar-refractivity contribution in [2.24, 2.45) is 5.73 Å². The van der Waals surface area contributed by atoms with Gasteiger partial charge in [0.2, 0.25) is 0 Å². The van der Waals surface area contributed by atoms with E-state index < -0.39 is 12.0 Å². The van der Waals surface area contributed by atoms with E-state index in [1.54, 1.807) is 7.11 Å². The van der Waals surface area contributed by atoms with E-state index in [0.717, 1.165) is 0 Å². The molecular weight excluding hydrogens is 174 g/mol. The summed E-state index contributed by atoms with van der Waals surface area (Å²) in [6, 6.07) is -0.772. The number of nitrogens with two attached hydrogens (primary N) is 1. The SMILES string of the molecule is COCCOCCC[C@H](N)C(=O)O. The molecular formula is C8H17NO4. The predicted octanol–water partition coefficient (Wildman–Crippen LogP) is -0.158. The van der Waals surface area contributed by atoms with Gasteiger partial charge in [-0.15, -0.1) is 0 Å². The number of carbonyl (C=O) groups is 1. The summed E-state index contributed by atoms with van der Waals surface area (Å²) >= 11 is 0. The van der Waals surface area contributed by atoms with E-state index >= 15 is 0 Å². The van der Waals surface area contributed by atoms with E-state index in [2.05, 4.69) is 0 Å². The Morgan fingerprint density at radius 2 is 2.15 bits per heavy atom. The summed E-state index contributed by atoms with van der Waals surface area (Å²) in [5.74, 6) is -0.961. The number of rotatable bonds is 8. The van der Waals surface area contributed by atoms with Gasteiger partial charge in [-0.25, -0.2) is 0 Å². The van der Waals surface area contributed by atoms with E-state index in [1.165, 1.54) is 0 Å². The molecule has 0 aliphatic carbocycles. The maximum Gasteiger partial charge on any atom is 0.320 e. The lowest BCUT2D eigenvalue weighted by Crippen LogP contribution is -2.30. The lowest BCUT2D eigenvalue weighted by Gasteiger charge is -2.06. The summed E-state index contributed by atoms with van der Waals surface area (Å²) in [6.45, 7) is 1.63. The first kappa shape index (κ1) is 12.3. The van der Waals surface area contributed by atoms with Crippen LogP contribution in [0.1, 0.15) is 12.8 Å². The lowest BCUT2D eigenvalue weighted by atomic mass is 10.2. The van der Waals surface area contributed by atoms with Gasteiger partial charge in [-0.05, 0) is 12.8 Å². The van der Waals surface area contributed by atoms with Crippen molar-refractivity contribution >= 4 is 5.97 Å². The zero-order valence-corrected chi connectivity index (χ0v) is 7.86. The minimum Gasteiger partial charge on any atom is -0.480 e. The Kier molecular flexibility index (Phi) is 7.57. The molecule has 0 spiro atoms. The minimum atomic E-state index is -0.961. The second-order valence-electron chi connectivity index (χ2n) is 2.69. The maximum atomic E-state index is 10.3. The van der Waals surface area contributed by atoms with Gasteiger partial charge in [0.05, 0.1) is 13.2 Å². The van der Waals surface area contributed by atoms with Gasteiger partial charge in [0.25, 0.3) is 0 Å². The van der Waals surface area contributed by atoms with Gasteiger partial charge in [0.1, 0.15) is 6.04 Å². The maximum absolute atomic E-state index is 10.3. The van der Waals surface area contributed by atoms with Gasteiger partial charge < -0.3 is 20.3 Å². The van der Waals surface area contributed by atoms with Gasteiger partial charge in [-0.2, -0.15) is 0 Å². The summed E-state index contributed by atoms with van der Waals surface area (Å²) in [5, 5.41) is 8.44. The second kappa shape index (κ2) is 7.97. The Morgan fingerprint density at radius 3 is 2.69 bits per heavy atom. The Bertz CT molecular complexity index is 140. The topological polar surface area (TPSA) is 81.8 Å². The van der Waals surface area contributed by atoms with Crippen LogP contribution in [0, 0.1) is 0 Å². The predicted molar refractivity (Wildman–Crippen MR) is 47.5 cm³/mol. The van der Waals surface area contributed by atoms with Crippen LogP contribution in [-0.4, -0.2) is 44.0 Å². The number of hydrogen-bond donors (Lipinski definition) is 2. The summed E-state index contributed by atoms with van der Waals surface area (Å²) < 4.78 is 9.89. The third-order valence-electron chi connectivity index (χ3n) is 1.55. The first-order chi connectivity index (χ1) is 6.18. The first-order valence-corrected chi connectivity index (χ1v) is 4.23. The van der Waals surface area contributed by atoms with Crippen LogP contribution in [-0.2, 0) is 14.3 Å². The Labute approximate surface area is 77.8 Å². The molecule has 0 aliphatic rings. The first-order valence-electron chi connectivity index (χ1n) is 4.23. The van der Waals surface area contributed by atoms with E-state index in [9.17, 15) is 4.79 Å². The molecule has 0 amide bonds. The fourth-order valence-corrected chi connectivity index (χ4v) is 0.773. The molecule has 0 saturated carbocycles. The van der Waals surface area contributed by atoms with E-state index in [1.807, 2.05) is 0 Å². The van der Waals surface area contributed by atoms with E-state index in [4.69, 9.17) is 20.3 Å². The van der Waals surface area contributed by atoms with Gasteiger partial charge in [0, 0.05) is 13.7 Å². The molecule has 0 aliphatic heterocycles. The van der Waals surface area contributed by atoms with Crippen LogP contribution in [0.4, 0.5) is 0 Å². The largest absolute Gasteiger partial charge is 0.480 e. The number of aliphatic carboxylic acids is 1. The number of ether oxygens (including phenoxy) is 2. The van der Waals surface area contributed by atoms with Crippen LogP contribution in [0.15, 0.2) is 0 Å². The van der Waals surface area contributed by atoms with E-state index in [-0.39, 0.29) is 0 Å². The molecule has 0 aromatic carbocycles. The minimum absolute atomic E-state index is 0.447. The fraction of sp³-hybridized carbons (Fsp3) is 0.875. The van der Waals surface area contributed by atoms with Crippen LogP contribution in [0.5, 0.6) is 0 Å². The molecule has 0 bridgehead atoms. The third-order valence-corrected chi connectivity index (χ3v) is 1.55. The molecule has 0 saturated heterocycles. The smallest absolute Gasteiger partial charge is 0.320 e.